The van der Waals surface area contributed by atoms with Gasteiger partial charge in [-0.1, -0.05) is 25.7 Å². The zero-order chi connectivity index (χ0) is 9.94. The molecule has 0 heterocycles. The maximum atomic E-state index is 10.3. The first kappa shape index (κ1) is 12.2. The normalized spacial score (nSPS) is 9.92. The molecule has 0 fully saturated rings. The number of hydrogen-bond donors (Lipinski definition) is 3. The summed E-state index contributed by atoms with van der Waals surface area (Å²) in [7, 11) is 0. The molecule has 0 aromatic heterocycles. The van der Waals surface area contributed by atoms with Crippen LogP contribution in [-0.2, 0) is 0 Å². The number of hydrogen-bond acceptors (Lipinski definition) is 2. The van der Waals surface area contributed by atoms with Crippen molar-refractivity contribution in [2.75, 3.05) is 13.1 Å². The van der Waals surface area contributed by atoms with E-state index in [0.717, 1.165) is 25.8 Å². The lowest BCUT2D eigenvalue weighted by Crippen LogP contribution is -2.29. The third kappa shape index (κ3) is 11.2. The van der Waals surface area contributed by atoms with Crippen molar-refractivity contribution >= 4 is 6.03 Å². The fraction of sp³-hybridized carbons (Fsp3) is 0.889. The summed E-state index contributed by atoms with van der Waals surface area (Å²) in [5, 5.41) is 2.57. The highest BCUT2D eigenvalue weighted by Gasteiger charge is 1.92. The van der Waals surface area contributed by atoms with E-state index < -0.39 is 6.03 Å². The van der Waals surface area contributed by atoms with E-state index in [-0.39, 0.29) is 0 Å². The maximum Gasteiger partial charge on any atom is 0.312 e. The number of carbonyl (C=O) groups excluding carboxylic acids is 1. The van der Waals surface area contributed by atoms with E-state index in [9.17, 15) is 4.79 Å². The van der Waals surface area contributed by atoms with Gasteiger partial charge < -0.3 is 16.8 Å². The number of carbonyl (C=O) groups is 1. The van der Waals surface area contributed by atoms with Crippen molar-refractivity contribution < 1.29 is 4.79 Å². The summed E-state index contributed by atoms with van der Waals surface area (Å²) in [6, 6.07) is -0.428. The van der Waals surface area contributed by atoms with Crippen LogP contribution in [0.1, 0.15) is 38.5 Å². The maximum absolute atomic E-state index is 10.3. The molecule has 4 nitrogen and oxygen atoms in total. The van der Waals surface area contributed by atoms with Gasteiger partial charge in [0.15, 0.2) is 0 Å². The molecular weight excluding hydrogens is 166 g/mol. The molecule has 0 rings (SSSR count). The molecule has 0 aliphatic carbocycles. The minimum absolute atomic E-state index is 0.428. The second kappa shape index (κ2) is 9.32. The van der Waals surface area contributed by atoms with Crippen molar-refractivity contribution in [3.63, 3.8) is 0 Å². The van der Waals surface area contributed by atoms with E-state index in [0.29, 0.717) is 6.54 Å². The highest BCUT2D eigenvalue weighted by Crippen LogP contribution is 2.03. The summed E-state index contributed by atoms with van der Waals surface area (Å²) >= 11 is 0. The zero-order valence-electron chi connectivity index (χ0n) is 8.22. The van der Waals surface area contributed by atoms with Crippen LogP contribution in [0.5, 0.6) is 0 Å². The van der Waals surface area contributed by atoms with Gasteiger partial charge in [-0.15, -0.1) is 0 Å². The molecule has 2 amide bonds. The second-order valence-corrected chi connectivity index (χ2v) is 3.20. The first-order valence-electron chi connectivity index (χ1n) is 5.00. The highest BCUT2D eigenvalue weighted by atomic mass is 16.2. The zero-order valence-corrected chi connectivity index (χ0v) is 8.22. The Morgan fingerprint density at radius 3 is 2.08 bits per heavy atom. The Morgan fingerprint density at radius 2 is 1.54 bits per heavy atom. The van der Waals surface area contributed by atoms with Crippen LogP contribution in [0.25, 0.3) is 0 Å². The number of urea groups is 1. The second-order valence-electron chi connectivity index (χ2n) is 3.20. The van der Waals surface area contributed by atoms with Crippen LogP contribution in [0.15, 0.2) is 0 Å². The number of nitrogens with two attached hydrogens (primary N) is 2. The van der Waals surface area contributed by atoms with Crippen LogP contribution in [0.3, 0.4) is 0 Å². The van der Waals surface area contributed by atoms with Crippen LogP contribution < -0.4 is 16.8 Å². The van der Waals surface area contributed by atoms with E-state index in [2.05, 4.69) is 5.32 Å². The van der Waals surface area contributed by atoms with Crippen LogP contribution in [-0.4, -0.2) is 19.1 Å². The van der Waals surface area contributed by atoms with Crippen molar-refractivity contribution in [1.29, 1.82) is 0 Å². The van der Waals surface area contributed by atoms with Gasteiger partial charge in [0.1, 0.15) is 0 Å². The third-order valence-corrected chi connectivity index (χ3v) is 1.93. The molecule has 0 aliphatic heterocycles. The molecule has 78 valence electrons. The van der Waals surface area contributed by atoms with E-state index in [1.54, 1.807) is 0 Å². The van der Waals surface area contributed by atoms with Crippen molar-refractivity contribution in [2.45, 2.75) is 38.5 Å². The molecule has 0 aromatic rings. The monoisotopic (exact) mass is 187 g/mol. The van der Waals surface area contributed by atoms with Gasteiger partial charge in [-0.3, -0.25) is 0 Å². The van der Waals surface area contributed by atoms with Crippen LogP contribution in [0.4, 0.5) is 4.79 Å². The predicted octanol–water partition coefficient (Wildman–Crippen LogP) is 0.954. The molecular formula is C9H21N3O. The van der Waals surface area contributed by atoms with Crippen molar-refractivity contribution in [2.24, 2.45) is 11.5 Å². The Bertz CT molecular complexity index is 128. The summed E-state index contributed by atoms with van der Waals surface area (Å²) in [5.74, 6) is 0. The van der Waals surface area contributed by atoms with Gasteiger partial charge in [0, 0.05) is 6.54 Å². The van der Waals surface area contributed by atoms with E-state index in [1.807, 2.05) is 0 Å². The Hall–Kier alpha value is -0.770. The smallest absolute Gasteiger partial charge is 0.312 e. The first-order valence-corrected chi connectivity index (χ1v) is 5.00. The molecule has 0 spiro atoms. The number of rotatable bonds is 8. The molecule has 0 saturated heterocycles. The molecule has 0 radical (unpaired) electrons. The van der Waals surface area contributed by atoms with Crippen molar-refractivity contribution in [3.8, 4) is 0 Å². The highest BCUT2D eigenvalue weighted by molar-refractivity contribution is 5.71. The standard InChI is InChI=1S/C9H21N3O/c10-7-5-3-1-2-4-6-8-12-9(11)13/h1-8,10H2,(H3,11,12,13). The number of unbranched alkanes of at least 4 members (excludes halogenated alkanes) is 5. The van der Waals surface area contributed by atoms with E-state index in [1.165, 1.54) is 19.3 Å². The lowest BCUT2D eigenvalue weighted by atomic mass is 10.1. The summed E-state index contributed by atoms with van der Waals surface area (Å²) < 4.78 is 0. The predicted molar refractivity (Wildman–Crippen MR) is 54.3 cm³/mol. The van der Waals surface area contributed by atoms with Gasteiger partial charge in [-0.05, 0) is 19.4 Å². The van der Waals surface area contributed by atoms with Crippen LogP contribution in [0.2, 0.25) is 0 Å². The average molecular weight is 187 g/mol. The molecule has 4 heteroatoms. The van der Waals surface area contributed by atoms with Crippen LogP contribution >= 0.6 is 0 Å². The summed E-state index contributed by atoms with van der Waals surface area (Å²) in [4.78, 5) is 10.3. The van der Waals surface area contributed by atoms with Gasteiger partial charge in [-0.25, -0.2) is 4.79 Å². The lowest BCUT2D eigenvalue weighted by molar-refractivity contribution is 0.248. The number of nitrogens with one attached hydrogen (secondary N) is 1. The molecule has 13 heavy (non-hydrogen) atoms. The van der Waals surface area contributed by atoms with E-state index in [4.69, 9.17) is 11.5 Å². The number of amides is 2. The Morgan fingerprint density at radius 1 is 1.00 bits per heavy atom. The van der Waals surface area contributed by atoms with Crippen LogP contribution in [0, 0.1) is 0 Å². The lowest BCUT2D eigenvalue weighted by Gasteiger charge is -2.01. The summed E-state index contributed by atoms with van der Waals surface area (Å²) in [6.45, 7) is 1.50. The Balaban J connectivity index is 2.87. The Labute approximate surface area is 80.0 Å². The van der Waals surface area contributed by atoms with Gasteiger partial charge in [0.2, 0.25) is 0 Å². The third-order valence-electron chi connectivity index (χ3n) is 1.93. The summed E-state index contributed by atoms with van der Waals surface area (Å²) in [5.41, 5.74) is 10.3. The molecule has 0 bridgehead atoms. The molecule has 5 N–H and O–H groups in total. The van der Waals surface area contributed by atoms with Gasteiger partial charge in [0.25, 0.3) is 0 Å². The SMILES string of the molecule is NCCCCCCCCNC(N)=O. The van der Waals surface area contributed by atoms with Gasteiger partial charge in [0.05, 0.1) is 0 Å². The molecule has 0 saturated carbocycles. The van der Waals surface area contributed by atoms with Crippen molar-refractivity contribution in [1.82, 2.24) is 5.32 Å². The van der Waals surface area contributed by atoms with Gasteiger partial charge in [-0.2, -0.15) is 0 Å². The minimum Gasteiger partial charge on any atom is -0.352 e. The quantitative estimate of drug-likeness (QED) is 0.494. The van der Waals surface area contributed by atoms with Crippen molar-refractivity contribution in [3.05, 3.63) is 0 Å². The molecule has 0 atom stereocenters. The van der Waals surface area contributed by atoms with E-state index >= 15 is 0 Å². The topological polar surface area (TPSA) is 81.1 Å². The minimum atomic E-state index is -0.428. The fourth-order valence-corrected chi connectivity index (χ4v) is 1.19. The first-order chi connectivity index (χ1) is 6.27. The summed E-state index contributed by atoms with van der Waals surface area (Å²) in [6.07, 6.45) is 6.99. The molecule has 0 aliphatic rings. The fourth-order valence-electron chi connectivity index (χ4n) is 1.19. The molecule has 0 aromatic carbocycles. The Kier molecular flexibility index (Phi) is 8.77. The van der Waals surface area contributed by atoms with Gasteiger partial charge >= 0.3 is 6.03 Å². The molecule has 0 unspecified atom stereocenters. The largest absolute Gasteiger partial charge is 0.352 e. The number of primary amides is 1. The average Bonchev–Trinajstić information content (AvgIpc) is 2.09.